The van der Waals surface area contributed by atoms with Crippen LogP contribution in [0.4, 0.5) is 20.2 Å². The molecule has 1 aromatic carbocycles. The van der Waals surface area contributed by atoms with Gasteiger partial charge in [0.1, 0.15) is 5.69 Å². The number of hydrogen-bond acceptors (Lipinski definition) is 7. The Bertz CT molecular complexity index is 720. The number of hydrogen-bond donors (Lipinski definition) is 3. The van der Waals surface area contributed by atoms with Crippen molar-refractivity contribution >= 4 is 28.8 Å². The number of nitrogens with zero attached hydrogens (tertiary/aromatic N) is 3. The summed E-state index contributed by atoms with van der Waals surface area (Å²) in [6.07, 6.45) is 1.43. The highest BCUT2D eigenvalue weighted by atomic mass is 32.1. The topological polar surface area (TPSA) is 89.6 Å². The van der Waals surface area contributed by atoms with Crippen LogP contribution in [0.3, 0.4) is 0 Å². The van der Waals surface area contributed by atoms with Gasteiger partial charge in [-0.3, -0.25) is 4.90 Å². The molecule has 1 aromatic rings. The Labute approximate surface area is 162 Å². The lowest BCUT2D eigenvalue weighted by Gasteiger charge is -2.35. The molecule has 7 nitrogen and oxygen atoms in total. The van der Waals surface area contributed by atoms with E-state index in [4.69, 9.17) is 28.0 Å². The molecule has 0 atom stereocenters. The minimum absolute atomic E-state index is 0.0544. The number of benzene rings is 1. The van der Waals surface area contributed by atoms with Crippen LogP contribution >= 0.6 is 12.2 Å². The maximum absolute atomic E-state index is 14.5. The lowest BCUT2D eigenvalue weighted by molar-refractivity contribution is 0.285. The van der Waals surface area contributed by atoms with Crippen LogP contribution in [0.1, 0.15) is 0 Å². The van der Waals surface area contributed by atoms with Gasteiger partial charge < -0.3 is 26.0 Å². The first-order valence-electron chi connectivity index (χ1n) is 8.30. The van der Waals surface area contributed by atoms with E-state index in [1.54, 1.807) is 4.90 Å². The van der Waals surface area contributed by atoms with Crippen molar-refractivity contribution in [3.63, 3.8) is 0 Å². The van der Waals surface area contributed by atoms with Gasteiger partial charge >= 0.3 is 0 Å². The third-order valence-electron chi connectivity index (χ3n) is 4.05. The van der Waals surface area contributed by atoms with Crippen LogP contribution in [0.15, 0.2) is 24.0 Å². The Hall–Kier alpha value is -2.64. The van der Waals surface area contributed by atoms with E-state index >= 15 is 0 Å². The monoisotopic (exact) mass is 396 g/mol. The van der Waals surface area contributed by atoms with E-state index in [1.165, 1.54) is 25.4 Å². The summed E-state index contributed by atoms with van der Waals surface area (Å²) in [5.74, 6) is -1.31. The Balaban J connectivity index is 2.00. The molecule has 0 unspecified atom stereocenters. The van der Waals surface area contributed by atoms with Gasteiger partial charge in [-0.2, -0.15) is 5.26 Å². The minimum atomic E-state index is -0.656. The number of methoxy groups -OCH3 is 1. The zero-order valence-electron chi connectivity index (χ0n) is 15.0. The molecule has 2 rings (SSSR count). The molecule has 1 fully saturated rings. The second-order valence-corrected chi connectivity index (χ2v) is 6.29. The van der Waals surface area contributed by atoms with Crippen molar-refractivity contribution < 1.29 is 13.5 Å². The standard InChI is InChI=1S/C17H22F2N6OS/c1-26-17(27)23-11-12(21)10-22-13-8-14(18)16(15(19)9-13)25-6-4-24(3-2-20)5-7-25/h8-10,22H,3-7,11,21H2,1H3,(H,23,27)/b12-10-. The van der Waals surface area contributed by atoms with Crippen molar-refractivity contribution in [2.75, 3.05) is 56.6 Å². The van der Waals surface area contributed by atoms with E-state index < -0.39 is 11.6 Å². The number of anilines is 2. The average Bonchev–Trinajstić information content (AvgIpc) is 2.65. The largest absolute Gasteiger partial charge is 0.474 e. The van der Waals surface area contributed by atoms with Crippen molar-refractivity contribution in [2.24, 2.45) is 5.73 Å². The van der Waals surface area contributed by atoms with Gasteiger partial charge in [-0.15, -0.1) is 0 Å². The van der Waals surface area contributed by atoms with Crippen molar-refractivity contribution in [1.29, 1.82) is 5.26 Å². The molecule has 0 spiro atoms. The average molecular weight is 396 g/mol. The normalized spacial score (nSPS) is 15.2. The third-order valence-corrected chi connectivity index (χ3v) is 4.36. The van der Waals surface area contributed by atoms with Crippen LogP contribution in [-0.2, 0) is 4.74 Å². The van der Waals surface area contributed by atoms with E-state index in [0.717, 1.165) is 0 Å². The summed E-state index contributed by atoms with van der Waals surface area (Å²) in [5, 5.41) is 14.4. The fourth-order valence-electron chi connectivity index (χ4n) is 2.65. The number of nitrogens with one attached hydrogen (secondary N) is 2. The van der Waals surface area contributed by atoms with Gasteiger partial charge in [0.15, 0.2) is 11.6 Å². The molecule has 0 amide bonds. The minimum Gasteiger partial charge on any atom is -0.474 e. The fraction of sp³-hybridized carbons (Fsp3) is 0.412. The number of nitriles is 1. The molecule has 4 N–H and O–H groups in total. The fourth-order valence-corrected chi connectivity index (χ4v) is 2.73. The highest BCUT2D eigenvalue weighted by Gasteiger charge is 2.22. The number of ether oxygens (including phenoxy) is 1. The van der Waals surface area contributed by atoms with E-state index in [2.05, 4.69) is 16.7 Å². The Morgan fingerprint density at radius 1 is 1.33 bits per heavy atom. The number of piperazine rings is 1. The summed E-state index contributed by atoms with van der Waals surface area (Å²) in [6.45, 7) is 2.64. The SMILES string of the molecule is COC(=S)NC/C(N)=C/Nc1cc(F)c(N2CCN(CC#N)CC2)c(F)c1. The Morgan fingerprint density at radius 3 is 2.52 bits per heavy atom. The third kappa shape index (κ3) is 5.94. The van der Waals surface area contributed by atoms with Crippen LogP contribution in [-0.4, -0.2) is 56.5 Å². The molecule has 1 aliphatic heterocycles. The summed E-state index contributed by atoms with van der Waals surface area (Å²) >= 11 is 4.82. The van der Waals surface area contributed by atoms with Crippen molar-refractivity contribution in [1.82, 2.24) is 10.2 Å². The van der Waals surface area contributed by atoms with Gasteiger partial charge in [0, 0.05) is 43.8 Å². The van der Waals surface area contributed by atoms with E-state index in [1.807, 2.05) is 4.90 Å². The van der Waals surface area contributed by atoms with Gasteiger partial charge in [-0.1, -0.05) is 0 Å². The molecule has 0 aliphatic carbocycles. The molecule has 10 heteroatoms. The lowest BCUT2D eigenvalue weighted by atomic mass is 10.2. The molecular weight excluding hydrogens is 374 g/mol. The van der Waals surface area contributed by atoms with Gasteiger partial charge in [0.05, 0.1) is 26.3 Å². The number of nitrogens with two attached hydrogens (primary N) is 1. The maximum Gasteiger partial charge on any atom is 0.256 e. The lowest BCUT2D eigenvalue weighted by Crippen LogP contribution is -2.47. The summed E-state index contributed by atoms with van der Waals surface area (Å²) in [6, 6.07) is 4.52. The van der Waals surface area contributed by atoms with Crippen LogP contribution in [0.2, 0.25) is 0 Å². The van der Waals surface area contributed by atoms with Gasteiger partial charge in [-0.25, -0.2) is 8.78 Å². The van der Waals surface area contributed by atoms with E-state index in [0.29, 0.717) is 38.4 Å². The van der Waals surface area contributed by atoms with Crippen molar-refractivity contribution in [3.05, 3.63) is 35.7 Å². The smallest absolute Gasteiger partial charge is 0.256 e. The molecule has 0 aromatic heterocycles. The number of halogens is 2. The first-order chi connectivity index (χ1) is 12.9. The van der Waals surface area contributed by atoms with E-state index in [9.17, 15) is 8.78 Å². The first kappa shape index (κ1) is 20.7. The second-order valence-electron chi connectivity index (χ2n) is 5.92. The van der Waals surface area contributed by atoms with Gasteiger partial charge in [0.2, 0.25) is 0 Å². The predicted octanol–water partition coefficient (Wildman–Crippen LogP) is 1.34. The highest BCUT2D eigenvalue weighted by molar-refractivity contribution is 7.80. The highest BCUT2D eigenvalue weighted by Crippen LogP contribution is 2.28. The molecule has 0 radical (unpaired) electrons. The maximum atomic E-state index is 14.5. The number of thiocarbonyl (C=S) groups is 1. The Kier molecular flexibility index (Phi) is 7.57. The molecule has 0 bridgehead atoms. The van der Waals surface area contributed by atoms with E-state index in [-0.39, 0.29) is 23.1 Å². The van der Waals surface area contributed by atoms with Gasteiger partial charge in [0.25, 0.3) is 5.17 Å². The summed E-state index contributed by atoms with van der Waals surface area (Å²) in [4.78, 5) is 3.60. The molecule has 1 saturated heterocycles. The summed E-state index contributed by atoms with van der Waals surface area (Å²) in [7, 11) is 1.43. The van der Waals surface area contributed by atoms with Crippen LogP contribution in [0.5, 0.6) is 0 Å². The molecule has 0 saturated carbocycles. The summed E-state index contributed by atoms with van der Waals surface area (Å²) < 4.78 is 33.7. The predicted molar refractivity (Wildman–Crippen MR) is 104 cm³/mol. The zero-order chi connectivity index (χ0) is 19.8. The second kappa shape index (κ2) is 9.89. The quantitative estimate of drug-likeness (QED) is 0.490. The molecule has 146 valence electrons. The van der Waals surface area contributed by atoms with Crippen molar-refractivity contribution in [2.45, 2.75) is 0 Å². The molecule has 1 heterocycles. The van der Waals surface area contributed by atoms with Crippen LogP contribution < -0.4 is 21.3 Å². The molecule has 27 heavy (non-hydrogen) atoms. The molecule has 1 aliphatic rings. The molecular formula is C17H22F2N6OS. The summed E-state index contributed by atoms with van der Waals surface area (Å²) in [5.41, 5.74) is 6.36. The first-order valence-corrected chi connectivity index (χ1v) is 8.71. The van der Waals surface area contributed by atoms with Crippen molar-refractivity contribution in [3.8, 4) is 6.07 Å². The Morgan fingerprint density at radius 2 is 1.96 bits per heavy atom. The van der Waals surface area contributed by atoms with Crippen LogP contribution in [0, 0.1) is 23.0 Å². The zero-order valence-corrected chi connectivity index (χ0v) is 15.8. The van der Waals surface area contributed by atoms with Gasteiger partial charge in [-0.05, 0) is 24.4 Å². The van der Waals surface area contributed by atoms with Crippen LogP contribution in [0.25, 0.3) is 0 Å². The number of rotatable bonds is 6.